The zero-order chi connectivity index (χ0) is 14.3. The molecule has 1 aromatic heterocycles. The molecule has 0 saturated carbocycles. The minimum absolute atomic E-state index is 0. The third kappa shape index (κ3) is 2.84. The molecule has 114 valence electrons. The topological polar surface area (TPSA) is 39.1 Å². The van der Waals surface area contributed by atoms with Gasteiger partial charge in [-0.05, 0) is 13.1 Å². The van der Waals surface area contributed by atoms with Crippen molar-refractivity contribution in [1.29, 1.82) is 0 Å². The van der Waals surface area contributed by atoms with Crippen molar-refractivity contribution in [3.63, 3.8) is 0 Å². The first-order chi connectivity index (χ1) is 9.49. The highest BCUT2D eigenvalue weighted by Gasteiger charge is 2.33. The summed E-state index contributed by atoms with van der Waals surface area (Å²) in [5.41, 5.74) is 0.683. The highest BCUT2D eigenvalue weighted by molar-refractivity contribution is 5.85. The minimum Gasteiger partial charge on any atom is -0.491 e. The molecule has 2 heterocycles. The van der Waals surface area contributed by atoms with Crippen LogP contribution >= 0.6 is 12.4 Å². The van der Waals surface area contributed by atoms with Crippen molar-refractivity contribution >= 4 is 12.4 Å². The van der Waals surface area contributed by atoms with Crippen LogP contribution in [0.25, 0.3) is 5.69 Å². The second-order valence-electron chi connectivity index (χ2n) is 4.54. The number of benzene rings is 1. The van der Waals surface area contributed by atoms with Crippen molar-refractivity contribution in [1.82, 2.24) is 14.9 Å². The molecule has 4 nitrogen and oxygen atoms in total. The summed E-state index contributed by atoms with van der Waals surface area (Å²) in [5, 5.41) is 3.11. The van der Waals surface area contributed by atoms with Crippen LogP contribution in [-0.2, 0) is 6.18 Å². The Labute approximate surface area is 125 Å². The number of halogens is 4. The first-order valence-corrected chi connectivity index (χ1v) is 6.04. The lowest BCUT2D eigenvalue weighted by Crippen LogP contribution is -2.17. The van der Waals surface area contributed by atoms with Gasteiger partial charge < -0.3 is 14.6 Å². The van der Waals surface area contributed by atoms with Gasteiger partial charge in [0.1, 0.15) is 12.4 Å². The molecule has 0 unspecified atom stereocenters. The number of hydrogen-bond acceptors (Lipinski definition) is 3. The summed E-state index contributed by atoms with van der Waals surface area (Å²) in [6, 6.07) is 5.44. The van der Waals surface area contributed by atoms with Gasteiger partial charge in [0.25, 0.3) is 0 Å². The molecule has 0 saturated heterocycles. The number of rotatable bonds is 2. The minimum atomic E-state index is -4.43. The van der Waals surface area contributed by atoms with Crippen LogP contribution in [0.3, 0.4) is 0 Å². The predicted octanol–water partition coefficient (Wildman–Crippen LogP) is 2.97. The number of hydrogen-bond donors (Lipinski definition) is 1. The van der Waals surface area contributed by atoms with Crippen molar-refractivity contribution in [2.45, 2.75) is 12.2 Å². The molecule has 0 radical (unpaired) electrons. The Bertz CT molecular complexity index is 642. The highest BCUT2D eigenvalue weighted by Crippen LogP contribution is 2.34. The van der Waals surface area contributed by atoms with E-state index in [-0.39, 0.29) is 18.4 Å². The largest absolute Gasteiger partial charge is 0.491 e. The van der Waals surface area contributed by atoms with Gasteiger partial charge in [0.05, 0.1) is 18.1 Å². The summed E-state index contributed by atoms with van der Waals surface area (Å²) in [4.78, 5) is 3.37. The summed E-state index contributed by atoms with van der Waals surface area (Å²) in [7, 11) is 1.84. The molecule has 0 fully saturated rings. The second kappa shape index (κ2) is 5.57. The van der Waals surface area contributed by atoms with Crippen molar-refractivity contribution in [3.8, 4) is 11.4 Å². The van der Waals surface area contributed by atoms with Crippen LogP contribution < -0.4 is 10.1 Å². The van der Waals surface area contributed by atoms with Gasteiger partial charge >= 0.3 is 6.18 Å². The lowest BCUT2D eigenvalue weighted by molar-refractivity contribution is -0.140. The van der Waals surface area contributed by atoms with Gasteiger partial charge in [0.15, 0.2) is 5.69 Å². The Morgan fingerprint density at radius 2 is 2.14 bits per heavy atom. The van der Waals surface area contributed by atoms with Gasteiger partial charge in [0, 0.05) is 17.8 Å². The van der Waals surface area contributed by atoms with Crippen LogP contribution in [0.1, 0.15) is 17.3 Å². The molecule has 1 aliphatic heterocycles. The van der Waals surface area contributed by atoms with E-state index in [1.54, 1.807) is 12.1 Å². The van der Waals surface area contributed by atoms with Crippen LogP contribution in [-0.4, -0.2) is 23.2 Å². The molecule has 0 aliphatic carbocycles. The fourth-order valence-corrected chi connectivity index (χ4v) is 2.21. The second-order valence-corrected chi connectivity index (χ2v) is 4.54. The number of aromatic nitrogens is 2. The summed E-state index contributed by atoms with van der Waals surface area (Å²) >= 11 is 0. The highest BCUT2D eigenvalue weighted by atomic mass is 35.5. The fraction of sp³-hybridized carbons (Fsp3) is 0.308. The molecule has 0 spiro atoms. The molecule has 21 heavy (non-hydrogen) atoms. The third-order valence-electron chi connectivity index (χ3n) is 3.30. The Hall–Kier alpha value is -1.73. The Kier molecular flexibility index (Phi) is 4.15. The maximum atomic E-state index is 12.5. The number of nitrogens with zero attached hydrogens (tertiary/aromatic N) is 2. The van der Waals surface area contributed by atoms with Gasteiger partial charge in [-0.25, -0.2) is 4.98 Å². The van der Waals surface area contributed by atoms with Crippen LogP contribution in [0.2, 0.25) is 0 Å². The first kappa shape index (κ1) is 15.7. The maximum Gasteiger partial charge on any atom is 0.434 e. The zero-order valence-corrected chi connectivity index (χ0v) is 11.8. The Morgan fingerprint density at radius 3 is 2.76 bits per heavy atom. The van der Waals surface area contributed by atoms with Crippen LogP contribution in [0.5, 0.6) is 5.75 Å². The predicted molar refractivity (Wildman–Crippen MR) is 73.1 cm³/mol. The molecule has 3 rings (SSSR count). The van der Waals surface area contributed by atoms with Crippen LogP contribution in [0, 0.1) is 0 Å². The number of likely N-dealkylation sites (N-methyl/N-ethyl adjacent to an activating group) is 1. The first-order valence-electron chi connectivity index (χ1n) is 6.04. The van der Waals surface area contributed by atoms with E-state index in [1.165, 1.54) is 4.57 Å². The lowest BCUT2D eigenvalue weighted by atomic mass is 10.1. The van der Waals surface area contributed by atoms with E-state index in [4.69, 9.17) is 4.74 Å². The van der Waals surface area contributed by atoms with Crippen molar-refractivity contribution in [2.75, 3.05) is 13.7 Å². The summed E-state index contributed by atoms with van der Waals surface area (Å²) in [6.07, 6.45) is -2.32. The number of alkyl halides is 3. The number of ether oxygens (including phenoxy) is 1. The van der Waals surface area contributed by atoms with Crippen molar-refractivity contribution in [2.24, 2.45) is 0 Å². The summed E-state index contributed by atoms with van der Waals surface area (Å²) in [6.45, 7) is 0.521. The molecule has 1 N–H and O–H groups in total. The standard InChI is InChI=1S/C13H12F3N3O.ClH/c1-17-10-6-20-11-4-8(2-3-9(10)11)19-5-12(18-7-19)13(14,15)16;/h2-5,7,10,17H,6H2,1H3;1H/t10-;/m1./s1. The SMILES string of the molecule is CN[C@@H]1COc2cc(-n3cnc(C(F)(F)F)c3)ccc21.Cl. The normalized spacial score (nSPS) is 17.0. The van der Waals surface area contributed by atoms with Gasteiger partial charge in [-0.3, -0.25) is 0 Å². The van der Waals surface area contributed by atoms with Crippen molar-refractivity contribution < 1.29 is 17.9 Å². The van der Waals surface area contributed by atoms with Gasteiger partial charge in [-0.1, -0.05) is 6.07 Å². The fourth-order valence-electron chi connectivity index (χ4n) is 2.21. The van der Waals surface area contributed by atoms with E-state index in [9.17, 15) is 13.2 Å². The Morgan fingerprint density at radius 1 is 1.38 bits per heavy atom. The van der Waals surface area contributed by atoms with Gasteiger partial charge in [-0.15, -0.1) is 12.4 Å². The smallest absolute Gasteiger partial charge is 0.434 e. The number of nitrogens with one attached hydrogen (secondary N) is 1. The maximum absolute atomic E-state index is 12.5. The van der Waals surface area contributed by atoms with Crippen LogP contribution in [0.15, 0.2) is 30.7 Å². The van der Waals surface area contributed by atoms with E-state index in [2.05, 4.69) is 10.3 Å². The van der Waals surface area contributed by atoms with Gasteiger partial charge in [-0.2, -0.15) is 13.2 Å². The lowest BCUT2D eigenvalue weighted by Gasteiger charge is -2.07. The average molecular weight is 320 g/mol. The van der Waals surface area contributed by atoms with E-state index in [0.717, 1.165) is 18.1 Å². The van der Waals surface area contributed by atoms with E-state index < -0.39 is 11.9 Å². The zero-order valence-electron chi connectivity index (χ0n) is 11.0. The van der Waals surface area contributed by atoms with E-state index >= 15 is 0 Å². The number of fused-ring (bicyclic) bond motifs is 1. The Balaban J connectivity index is 0.00000161. The molecular formula is C13H13ClF3N3O. The molecule has 0 bridgehead atoms. The quantitative estimate of drug-likeness (QED) is 0.925. The van der Waals surface area contributed by atoms with E-state index in [1.807, 2.05) is 13.1 Å². The molecule has 0 amide bonds. The molecule has 1 aliphatic rings. The molecule has 2 aromatic rings. The molecule has 1 atom stereocenters. The van der Waals surface area contributed by atoms with Gasteiger partial charge in [0.2, 0.25) is 0 Å². The molecule has 8 heteroatoms. The molecular weight excluding hydrogens is 307 g/mol. The van der Waals surface area contributed by atoms with E-state index in [0.29, 0.717) is 18.0 Å². The molecule has 1 aromatic carbocycles. The van der Waals surface area contributed by atoms with Crippen LogP contribution in [0.4, 0.5) is 13.2 Å². The summed E-state index contributed by atoms with van der Waals surface area (Å²) in [5.74, 6) is 0.684. The van der Waals surface area contributed by atoms with Crippen molar-refractivity contribution in [3.05, 3.63) is 42.0 Å². The number of imidazole rings is 1. The average Bonchev–Trinajstić information content (AvgIpc) is 3.04. The summed E-state index contributed by atoms with van der Waals surface area (Å²) < 4.78 is 44.4. The third-order valence-corrected chi connectivity index (χ3v) is 3.30. The monoisotopic (exact) mass is 319 g/mol.